The van der Waals surface area contributed by atoms with Crippen molar-refractivity contribution in [3.05, 3.63) is 46.4 Å². The van der Waals surface area contributed by atoms with Crippen molar-refractivity contribution in [1.29, 1.82) is 0 Å². The minimum absolute atomic E-state index is 0.333. The summed E-state index contributed by atoms with van der Waals surface area (Å²) in [4.78, 5) is 6.80. The van der Waals surface area contributed by atoms with Crippen molar-refractivity contribution in [3.8, 4) is 0 Å². The van der Waals surface area contributed by atoms with Crippen molar-refractivity contribution in [2.45, 2.75) is 25.9 Å². The first kappa shape index (κ1) is 15.5. The number of benzene rings is 1. The van der Waals surface area contributed by atoms with Crippen LogP contribution in [0.4, 0.5) is 5.69 Å². The Morgan fingerprint density at radius 3 is 2.82 bits per heavy atom. The monoisotopic (exact) mass is 317 g/mol. The fourth-order valence-corrected chi connectivity index (χ4v) is 3.47. The predicted molar refractivity (Wildman–Crippen MR) is 91.0 cm³/mol. The summed E-state index contributed by atoms with van der Waals surface area (Å²) in [6, 6.07) is 8.52. The van der Waals surface area contributed by atoms with Crippen LogP contribution < -0.4 is 5.32 Å². The third kappa shape index (κ3) is 4.06. The molecule has 1 aliphatic rings. The number of hydrogen-bond donors (Lipinski definition) is 2. The van der Waals surface area contributed by atoms with Gasteiger partial charge < -0.3 is 10.4 Å². The Balaban J connectivity index is 1.59. The third-order valence-corrected chi connectivity index (χ3v) is 5.07. The summed E-state index contributed by atoms with van der Waals surface area (Å²) in [6.45, 7) is 4.23. The molecule has 0 amide bonds. The third-order valence-electron chi connectivity index (χ3n) is 4.29. The average molecular weight is 317 g/mol. The molecule has 1 aromatic carbocycles. The lowest BCUT2D eigenvalue weighted by Gasteiger charge is -2.31. The number of anilines is 1. The van der Waals surface area contributed by atoms with E-state index in [-0.39, 0.29) is 0 Å². The maximum absolute atomic E-state index is 9.24. The number of nitrogens with zero attached hydrogens (tertiary/aromatic N) is 2. The number of aliphatic hydroxyl groups is 1. The molecule has 5 heteroatoms. The second-order valence-corrected chi connectivity index (χ2v) is 6.82. The number of aliphatic hydroxyl groups excluding tert-OH is 1. The van der Waals surface area contributed by atoms with E-state index < -0.39 is 0 Å². The van der Waals surface area contributed by atoms with Gasteiger partial charge in [-0.05, 0) is 43.5 Å². The molecule has 0 atom stereocenters. The minimum Gasteiger partial charge on any atom is -0.396 e. The zero-order valence-corrected chi connectivity index (χ0v) is 13.6. The van der Waals surface area contributed by atoms with Crippen LogP contribution in [0, 0.1) is 5.92 Å². The van der Waals surface area contributed by atoms with Crippen LogP contribution in [0.2, 0.25) is 0 Å². The lowest BCUT2D eigenvalue weighted by Crippen LogP contribution is -2.34. The summed E-state index contributed by atoms with van der Waals surface area (Å²) < 4.78 is 0. The lowest BCUT2D eigenvalue weighted by molar-refractivity contribution is 0.127. The molecular weight excluding hydrogens is 294 g/mol. The van der Waals surface area contributed by atoms with E-state index in [0.717, 1.165) is 44.0 Å². The van der Waals surface area contributed by atoms with Crippen LogP contribution in [0.5, 0.6) is 0 Å². The Morgan fingerprint density at radius 1 is 1.27 bits per heavy atom. The number of hydrogen-bond acceptors (Lipinski definition) is 5. The number of rotatable bonds is 6. The first-order valence-corrected chi connectivity index (χ1v) is 8.76. The highest BCUT2D eigenvalue weighted by Crippen LogP contribution is 2.22. The maximum atomic E-state index is 9.24. The van der Waals surface area contributed by atoms with Gasteiger partial charge in [0, 0.05) is 30.4 Å². The Morgan fingerprint density at radius 2 is 2.09 bits per heavy atom. The maximum Gasteiger partial charge on any atom is 0.112 e. The fraction of sp³-hybridized carbons (Fsp3) is 0.471. The van der Waals surface area contributed by atoms with Gasteiger partial charge in [-0.25, -0.2) is 4.98 Å². The van der Waals surface area contributed by atoms with E-state index >= 15 is 0 Å². The van der Waals surface area contributed by atoms with Gasteiger partial charge in [-0.2, -0.15) is 0 Å². The van der Waals surface area contributed by atoms with E-state index in [4.69, 9.17) is 0 Å². The van der Waals surface area contributed by atoms with Gasteiger partial charge in [0.15, 0.2) is 0 Å². The van der Waals surface area contributed by atoms with Crippen LogP contribution in [0.1, 0.15) is 23.4 Å². The van der Waals surface area contributed by atoms with Crippen molar-refractivity contribution in [2.75, 3.05) is 25.0 Å². The van der Waals surface area contributed by atoms with Gasteiger partial charge >= 0.3 is 0 Å². The second-order valence-electron chi connectivity index (χ2n) is 5.84. The first-order chi connectivity index (χ1) is 10.8. The van der Waals surface area contributed by atoms with Crippen molar-refractivity contribution >= 4 is 17.0 Å². The molecule has 0 spiro atoms. The standard InChI is InChI=1S/C17H23N3OS/c21-13-14-5-8-20(9-6-14)12-15-3-1-2-4-16(15)19-11-17-18-7-10-22-17/h1-4,7,10,14,19,21H,5-6,8-9,11-13H2. The highest BCUT2D eigenvalue weighted by atomic mass is 32.1. The van der Waals surface area contributed by atoms with Gasteiger partial charge in [-0.15, -0.1) is 11.3 Å². The summed E-state index contributed by atoms with van der Waals surface area (Å²) >= 11 is 1.68. The van der Waals surface area contributed by atoms with E-state index in [0.29, 0.717) is 12.5 Å². The van der Waals surface area contributed by atoms with Gasteiger partial charge in [-0.3, -0.25) is 4.90 Å². The Hall–Kier alpha value is -1.43. The number of aromatic nitrogens is 1. The topological polar surface area (TPSA) is 48.4 Å². The summed E-state index contributed by atoms with van der Waals surface area (Å²) in [7, 11) is 0. The second kappa shape index (κ2) is 7.72. The summed E-state index contributed by atoms with van der Waals surface area (Å²) in [5, 5.41) is 15.9. The molecule has 2 N–H and O–H groups in total. The molecule has 0 unspecified atom stereocenters. The minimum atomic E-state index is 0.333. The van der Waals surface area contributed by atoms with Crippen LogP contribution in [0.25, 0.3) is 0 Å². The molecule has 1 fully saturated rings. The van der Waals surface area contributed by atoms with Gasteiger partial charge in [0.25, 0.3) is 0 Å². The molecule has 22 heavy (non-hydrogen) atoms. The van der Waals surface area contributed by atoms with Crippen LogP contribution >= 0.6 is 11.3 Å². The predicted octanol–water partition coefficient (Wildman–Crippen LogP) is 2.96. The number of likely N-dealkylation sites (tertiary alicyclic amines) is 1. The normalized spacial score (nSPS) is 16.8. The molecular formula is C17H23N3OS. The largest absolute Gasteiger partial charge is 0.396 e. The Kier molecular flexibility index (Phi) is 5.43. The molecule has 4 nitrogen and oxygen atoms in total. The smallest absolute Gasteiger partial charge is 0.112 e. The molecule has 0 bridgehead atoms. The SMILES string of the molecule is OCC1CCN(Cc2ccccc2NCc2nccs2)CC1. The fourth-order valence-electron chi connectivity index (χ4n) is 2.91. The molecule has 0 aliphatic carbocycles. The van der Waals surface area contributed by atoms with E-state index in [2.05, 4.69) is 39.5 Å². The zero-order chi connectivity index (χ0) is 15.2. The quantitative estimate of drug-likeness (QED) is 0.860. The van der Waals surface area contributed by atoms with Crippen LogP contribution in [0.15, 0.2) is 35.8 Å². The van der Waals surface area contributed by atoms with Crippen molar-refractivity contribution in [1.82, 2.24) is 9.88 Å². The van der Waals surface area contributed by atoms with Crippen LogP contribution in [-0.4, -0.2) is 34.7 Å². The highest BCUT2D eigenvalue weighted by molar-refractivity contribution is 7.09. The van der Waals surface area contributed by atoms with E-state index in [9.17, 15) is 5.11 Å². The molecule has 0 radical (unpaired) electrons. The Labute approximate surface area is 135 Å². The van der Waals surface area contributed by atoms with E-state index in [1.165, 1.54) is 11.3 Å². The van der Waals surface area contributed by atoms with Gasteiger partial charge in [0.2, 0.25) is 0 Å². The van der Waals surface area contributed by atoms with Crippen LogP contribution in [-0.2, 0) is 13.1 Å². The number of para-hydroxylation sites is 1. The van der Waals surface area contributed by atoms with Crippen LogP contribution in [0.3, 0.4) is 0 Å². The van der Waals surface area contributed by atoms with Gasteiger partial charge in [0.1, 0.15) is 5.01 Å². The highest BCUT2D eigenvalue weighted by Gasteiger charge is 2.19. The average Bonchev–Trinajstić information content (AvgIpc) is 3.08. The van der Waals surface area contributed by atoms with E-state index in [1.54, 1.807) is 11.3 Å². The first-order valence-electron chi connectivity index (χ1n) is 7.88. The summed E-state index contributed by atoms with van der Waals surface area (Å²) in [5.74, 6) is 0.495. The summed E-state index contributed by atoms with van der Waals surface area (Å²) in [5.41, 5.74) is 2.53. The molecule has 1 saturated heterocycles. The lowest BCUT2D eigenvalue weighted by atomic mass is 9.97. The molecule has 118 valence electrons. The van der Waals surface area contributed by atoms with Gasteiger partial charge in [0.05, 0.1) is 6.54 Å². The summed E-state index contributed by atoms with van der Waals surface area (Å²) in [6.07, 6.45) is 4.05. The van der Waals surface area contributed by atoms with Crippen molar-refractivity contribution in [2.24, 2.45) is 5.92 Å². The molecule has 2 aromatic rings. The zero-order valence-electron chi connectivity index (χ0n) is 12.7. The molecule has 2 heterocycles. The van der Waals surface area contributed by atoms with E-state index in [1.807, 2.05) is 11.6 Å². The Bertz CT molecular complexity index is 565. The number of thiazole rings is 1. The number of piperidine rings is 1. The van der Waals surface area contributed by atoms with Gasteiger partial charge in [-0.1, -0.05) is 18.2 Å². The van der Waals surface area contributed by atoms with Crippen molar-refractivity contribution in [3.63, 3.8) is 0 Å². The number of nitrogens with one attached hydrogen (secondary N) is 1. The molecule has 3 rings (SSSR count). The molecule has 1 aliphatic heterocycles. The van der Waals surface area contributed by atoms with Crippen molar-refractivity contribution < 1.29 is 5.11 Å². The molecule has 0 saturated carbocycles. The molecule has 1 aromatic heterocycles.